The van der Waals surface area contributed by atoms with E-state index in [1.54, 1.807) is 0 Å². The Kier molecular flexibility index (Phi) is 7.52. The number of hydrogen-bond donors (Lipinski definition) is 1. The molecule has 4 rings (SSSR count). The molecule has 1 N–H and O–H groups in total. The van der Waals surface area contributed by atoms with E-state index < -0.39 is 0 Å². The topological polar surface area (TPSA) is 62.4 Å². The summed E-state index contributed by atoms with van der Waals surface area (Å²) in [5.41, 5.74) is 1.28. The van der Waals surface area contributed by atoms with Gasteiger partial charge >= 0.3 is 12.1 Å². The minimum atomic E-state index is -0.00673. The quantitative estimate of drug-likeness (QED) is 0.772. The lowest BCUT2D eigenvalue weighted by Gasteiger charge is -2.45. The molecule has 1 aromatic carbocycles. The van der Waals surface area contributed by atoms with Gasteiger partial charge in [-0.25, -0.2) is 9.59 Å². The average Bonchev–Trinajstić information content (AvgIpc) is 3.34. The maximum atomic E-state index is 13.3. The lowest BCUT2D eigenvalue weighted by molar-refractivity contribution is 0.0579. The number of nitrogens with one attached hydrogen (secondary N) is 1. The number of benzene rings is 1. The summed E-state index contributed by atoms with van der Waals surface area (Å²) in [6.45, 7) is 9.95. The van der Waals surface area contributed by atoms with Crippen molar-refractivity contribution in [3.05, 3.63) is 35.9 Å². The van der Waals surface area contributed by atoms with Crippen molar-refractivity contribution in [1.82, 2.24) is 29.8 Å². The molecule has 0 saturated carbocycles. The molecule has 8 heteroatoms. The first-order chi connectivity index (χ1) is 15.5. The van der Waals surface area contributed by atoms with Crippen molar-refractivity contribution in [2.75, 3.05) is 66.0 Å². The van der Waals surface area contributed by atoms with Crippen molar-refractivity contribution in [2.24, 2.45) is 0 Å². The molecule has 0 bridgehead atoms. The van der Waals surface area contributed by atoms with Crippen molar-refractivity contribution >= 4 is 12.1 Å². The van der Waals surface area contributed by atoms with Gasteiger partial charge in [-0.3, -0.25) is 4.90 Å². The number of likely N-dealkylation sites (N-methyl/N-ethyl adjacent to an activating group) is 1. The van der Waals surface area contributed by atoms with E-state index in [1.165, 1.54) is 5.56 Å². The van der Waals surface area contributed by atoms with Gasteiger partial charge in [-0.2, -0.15) is 0 Å². The molecule has 0 spiro atoms. The zero-order chi connectivity index (χ0) is 22.5. The fraction of sp³-hybridized carbons (Fsp3) is 0.667. The van der Waals surface area contributed by atoms with Crippen LogP contribution in [0.2, 0.25) is 0 Å². The van der Waals surface area contributed by atoms with Crippen molar-refractivity contribution in [3.63, 3.8) is 0 Å². The number of amides is 4. The van der Waals surface area contributed by atoms with E-state index in [1.807, 2.05) is 32.7 Å². The third kappa shape index (κ3) is 5.35. The van der Waals surface area contributed by atoms with Gasteiger partial charge in [-0.15, -0.1) is 0 Å². The molecule has 32 heavy (non-hydrogen) atoms. The smallest absolute Gasteiger partial charge is 0.320 e. The molecule has 3 saturated heterocycles. The molecule has 1 aromatic rings. The molecule has 0 radical (unpaired) electrons. The summed E-state index contributed by atoms with van der Waals surface area (Å²) < 4.78 is 0. The molecule has 2 unspecified atom stereocenters. The Morgan fingerprint density at radius 3 is 2.50 bits per heavy atom. The molecular weight excluding hydrogens is 404 g/mol. The molecule has 176 valence electrons. The molecule has 2 atom stereocenters. The Hall–Kier alpha value is -2.32. The Bertz CT molecular complexity index is 769. The van der Waals surface area contributed by atoms with E-state index in [9.17, 15) is 9.59 Å². The summed E-state index contributed by atoms with van der Waals surface area (Å²) in [7, 11) is 1.88. The van der Waals surface area contributed by atoms with Crippen LogP contribution in [-0.4, -0.2) is 115 Å². The molecule has 8 nitrogen and oxygen atoms in total. The van der Waals surface area contributed by atoms with Crippen LogP contribution in [0.1, 0.15) is 25.3 Å². The van der Waals surface area contributed by atoms with Gasteiger partial charge in [-0.1, -0.05) is 30.3 Å². The molecule has 0 aliphatic carbocycles. The number of piperazine rings is 2. The first-order valence-corrected chi connectivity index (χ1v) is 12.1. The van der Waals surface area contributed by atoms with Gasteiger partial charge in [0.25, 0.3) is 0 Å². The van der Waals surface area contributed by atoms with Crippen molar-refractivity contribution in [1.29, 1.82) is 0 Å². The molecule has 3 heterocycles. The van der Waals surface area contributed by atoms with Crippen molar-refractivity contribution in [2.45, 2.75) is 38.4 Å². The number of likely N-dealkylation sites (tertiary alicyclic amines) is 1. The van der Waals surface area contributed by atoms with Crippen LogP contribution in [0.15, 0.2) is 30.3 Å². The Morgan fingerprint density at radius 1 is 1.03 bits per heavy atom. The molecular formula is C24H38N6O2. The minimum Gasteiger partial charge on any atom is -0.326 e. The zero-order valence-electron chi connectivity index (χ0n) is 19.6. The number of carbonyl (C=O) groups excluding carboxylic acids is 2. The standard InChI is InChI=1S/C24H38N6O2/c1-20-16-25-10-13-29(20)23(31)26(2)18-22-19-27(17-21-8-4-3-5-9-21)14-15-30(22)24(32)28-11-6-7-12-28/h3-5,8-9,20,22,25H,6-7,10-19H2,1-2H3. The first kappa shape index (κ1) is 22.9. The summed E-state index contributed by atoms with van der Waals surface area (Å²) in [5, 5.41) is 3.34. The fourth-order valence-corrected chi connectivity index (χ4v) is 5.14. The summed E-state index contributed by atoms with van der Waals surface area (Å²) in [6.07, 6.45) is 2.17. The molecule has 0 aromatic heterocycles. The van der Waals surface area contributed by atoms with Crippen molar-refractivity contribution < 1.29 is 9.59 Å². The largest absolute Gasteiger partial charge is 0.326 e. The van der Waals surface area contributed by atoms with Crippen LogP contribution in [0.5, 0.6) is 0 Å². The van der Waals surface area contributed by atoms with E-state index in [4.69, 9.17) is 0 Å². The maximum absolute atomic E-state index is 13.3. The molecule has 3 aliphatic rings. The molecule has 3 fully saturated rings. The van der Waals surface area contributed by atoms with Crippen molar-refractivity contribution in [3.8, 4) is 0 Å². The molecule has 3 aliphatic heterocycles. The predicted molar refractivity (Wildman–Crippen MR) is 125 cm³/mol. The van der Waals surface area contributed by atoms with Crippen LogP contribution < -0.4 is 5.32 Å². The second kappa shape index (κ2) is 10.5. The highest BCUT2D eigenvalue weighted by Crippen LogP contribution is 2.19. The minimum absolute atomic E-state index is 0.00673. The van der Waals surface area contributed by atoms with E-state index >= 15 is 0 Å². The van der Waals surface area contributed by atoms with Gasteiger partial charge in [0.2, 0.25) is 0 Å². The normalized spacial score (nSPS) is 24.6. The van der Waals surface area contributed by atoms with Gasteiger partial charge in [0, 0.05) is 78.5 Å². The van der Waals surface area contributed by atoms with Crippen LogP contribution >= 0.6 is 0 Å². The summed E-state index contributed by atoms with van der Waals surface area (Å²) in [5.74, 6) is 0. The average molecular weight is 443 g/mol. The van der Waals surface area contributed by atoms with Crippen LogP contribution in [0.4, 0.5) is 9.59 Å². The zero-order valence-corrected chi connectivity index (χ0v) is 19.6. The van der Waals surface area contributed by atoms with Crippen LogP contribution in [0.3, 0.4) is 0 Å². The summed E-state index contributed by atoms with van der Waals surface area (Å²) >= 11 is 0. The van der Waals surface area contributed by atoms with Crippen LogP contribution in [-0.2, 0) is 6.54 Å². The lowest BCUT2D eigenvalue weighted by atomic mass is 10.1. The highest BCUT2D eigenvalue weighted by molar-refractivity contribution is 5.76. The highest BCUT2D eigenvalue weighted by Gasteiger charge is 2.36. The van der Waals surface area contributed by atoms with Gasteiger partial charge in [0.05, 0.1) is 6.04 Å². The number of rotatable bonds is 4. The van der Waals surface area contributed by atoms with Gasteiger partial charge < -0.3 is 24.9 Å². The monoisotopic (exact) mass is 442 g/mol. The van der Waals surface area contributed by atoms with Crippen LogP contribution in [0, 0.1) is 0 Å². The van der Waals surface area contributed by atoms with Gasteiger partial charge in [0.1, 0.15) is 0 Å². The Balaban J connectivity index is 1.44. The first-order valence-electron chi connectivity index (χ1n) is 12.1. The second-order valence-corrected chi connectivity index (χ2v) is 9.45. The fourth-order valence-electron chi connectivity index (χ4n) is 5.14. The summed E-state index contributed by atoms with van der Waals surface area (Å²) in [4.78, 5) is 36.7. The third-order valence-corrected chi connectivity index (χ3v) is 7.00. The maximum Gasteiger partial charge on any atom is 0.320 e. The second-order valence-electron chi connectivity index (χ2n) is 9.45. The molecule has 4 amide bonds. The van der Waals surface area contributed by atoms with Crippen LogP contribution in [0.25, 0.3) is 0 Å². The lowest BCUT2D eigenvalue weighted by Crippen LogP contribution is -2.62. The van der Waals surface area contributed by atoms with E-state index in [0.717, 1.165) is 65.2 Å². The van der Waals surface area contributed by atoms with E-state index in [-0.39, 0.29) is 24.1 Å². The van der Waals surface area contributed by atoms with Gasteiger partial charge in [-0.05, 0) is 25.3 Å². The Labute approximate surface area is 192 Å². The van der Waals surface area contributed by atoms with E-state index in [2.05, 4.69) is 41.4 Å². The number of urea groups is 2. The van der Waals surface area contributed by atoms with E-state index in [0.29, 0.717) is 13.1 Å². The third-order valence-electron chi connectivity index (χ3n) is 7.00. The SMILES string of the molecule is CC1CNCCN1C(=O)N(C)CC1CN(Cc2ccccc2)CCN1C(=O)N1CCCC1. The number of carbonyl (C=O) groups is 2. The number of nitrogens with zero attached hydrogens (tertiary/aromatic N) is 5. The number of hydrogen-bond acceptors (Lipinski definition) is 4. The summed E-state index contributed by atoms with van der Waals surface area (Å²) in [6, 6.07) is 10.9. The van der Waals surface area contributed by atoms with Gasteiger partial charge in [0.15, 0.2) is 0 Å². The highest BCUT2D eigenvalue weighted by atomic mass is 16.2. The Morgan fingerprint density at radius 2 is 1.78 bits per heavy atom. The predicted octanol–water partition coefficient (Wildman–Crippen LogP) is 1.73.